The first-order valence-corrected chi connectivity index (χ1v) is 4.78. The summed E-state index contributed by atoms with van der Waals surface area (Å²) in [6.45, 7) is 6.95. The third kappa shape index (κ3) is 77.2. The number of hydrogen-bond acceptors (Lipinski definition) is 6. The van der Waals surface area contributed by atoms with E-state index in [1.165, 1.54) is 41.7 Å². The molecular formula is C11H20O6. The summed E-state index contributed by atoms with van der Waals surface area (Å²) in [6.07, 6.45) is 0. The summed E-state index contributed by atoms with van der Waals surface area (Å²) in [4.78, 5) is 39.1. The van der Waals surface area contributed by atoms with E-state index >= 15 is 0 Å². The molecule has 0 atom stereocenters. The number of ketones is 2. The van der Waals surface area contributed by atoms with Gasteiger partial charge in [0.25, 0.3) is 0 Å². The van der Waals surface area contributed by atoms with Crippen LogP contribution < -0.4 is 0 Å². The molecule has 100 valence electrons. The molecule has 0 aliphatic carbocycles. The molecule has 0 aromatic carbocycles. The Morgan fingerprint density at radius 2 is 1.12 bits per heavy atom. The highest BCUT2D eigenvalue weighted by molar-refractivity contribution is 5.79. The molecule has 17 heavy (non-hydrogen) atoms. The summed E-state index contributed by atoms with van der Waals surface area (Å²) in [5.41, 5.74) is 0. The van der Waals surface area contributed by atoms with E-state index in [-0.39, 0.29) is 24.1 Å². The number of esters is 2. The number of methoxy groups -OCH3 is 1. The van der Waals surface area contributed by atoms with Crippen molar-refractivity contribution in [2.24, 2.45) is 0 Å². The van der Waals surface area contributed by atoms with Gasteiger partial charge in [-0.2, -0.15) is 0 Å². The number of carbonyl (C=O) groups excluding carboxylic acids is 4. The summed E-state index contributed by atoms with van der Waals surface area (Å²) >= 11 is 0. The highest BCUT2D eigenvalue weighted by Crippen LogP contribution is 1.75. The monoisotopic (exact) mass is 248 g/mol. The van der Waals surface area contributed by atoms with Gasteiger partial charge in [-0.05, 0) is 20.8 Å². The van der Waals surface area contributed by atoms with Crippen LogP contribution in [0.15, 0.2) is 0 Å². The molecule has 0 aliphatic heterocycles. The van der Waals surface area contributed by atoms with Crippen LogP contribution in [-0.2, 0) is 28.7 Å². The Bertz CT molecular complexity index is 239. The average molecular weight is 248 g/mol. The molecule has 0 heterocycles. The zero-order valence-electron chi connectivity index (χ0n) is 11.2. The van der Waals surface area contributed by atoms with Crippen molar-refractivity contribution in [3.63, 3.8) is 0 Å². The summed E-state index contributed by atoms with van der Waals surface area (Å²) in [6, 6.07) is 0. The maximum atomic E-state index is 10.1. The van der Waals surface area contributed by atoms with Gasteiger partial charge in [0.15, 0.2) is 5.78 Å². The molecule has 0 saturated heterocycles. The number of hydrogen-bond donors (Lipinski definition) is 0. The first-order valence-electron chi connectivity index (χ1n) is 4.78. The summed E-state index contributed by atoms with van der Waals surface area (Å²) in [7, 11) is 1.35. The fraction of sp³-hybridized carbons (Fsp3) is 0.636. The Balaban J connectivity index is -0.000000188. The third-order valence-corrected chi connectivity index (χ3v) is 0.766. The lowest BCUT2D eigenvalue weighted by molar-refractivity contribution is -0.145. The standard InChI is InChI=1S/C5H8O3.C3H6O2.C3H6O/c1-4(6)3-8-5(2)7;1-3(4)5-2;1-3(2)4/h3H2,1-2H3;1-2H3;1-2H3. The molecule has 0 fully saturated rings. The molecule has 0 rings (SSSR count). The minimum absolute atomic E-state index is 0.102. The van der Waals surface area contributed by atoms with Gasteiger partial charge >= 0.3 is 11.9 Å². The molecule has 6 nitrogen and oxygen atoms in total. The summed E-state index contributed by atoms with van der Waals surface area (Å²) < 4.78 is 8.43. The lowest BCUT2D eigenvalue weighted by Crippen LogP contribution is -2.07. The summed E-state index contributed by atoms with van der Waals surface area (Å²) in [5, 5.41) is 0. The average Bonchev–Trinajstić information content (AvgIpc) is 2.14. The van der Waals surface area contributed by atoms with E-state index in [1.54, 1.807) is 0 Å². The second kappa shape index (κ2) is 14.3. The Morgan fingerprint density at radius 1 is 0.824 bits per heavy atom. The maximum Gasteiger partial charge on any atom is 0.303 e. The molecule has 0 aromatic heterocycles. The van der Waals surface area contributed by atoms with Gasteiger partial charge in [0.05, 0.1) is 7.11 Å². The fourth-order valence-corrected chi connectivity index (χ4v) is 0.203. The van der Waals surface area contributed by atoms with E-state index < -0.39 is 5.97 Å². The van der Waals surface area contributed by atoms with E-state index in [0.29, 0.717) is 0 Å². The number of ether oxygens (including phenoxy) is 2. The van der Waals surface area contributed by atoms with Crippen molar-refractivity contribution in [2.75, 3.05) is 13.7 Å². The molecule has 0 amide bonds. The predicted molar refractivity (Wildman–Crippen MR) is 61.4 cm³/mol. The maximum absolute atomic E-state index is 10.1. The molecule has 0 spiro atoms. The van der Waals surface area contributed by atoms with Gasteiger partial charge in [0.1, 0.15) is 12.4 Å². The van der Waals surface area contributed by atoms with E-state index in [0.717, 1.165) is 0 Å². The van der Waals surface area contributed by atoms with Crippen LogP contribution in [0.4, 0.5) is 0 Å². The molecular weight excluding hydrogens is 228 g/mol. The zero-order chi connectivity index (χ0) is 14.4. The molecule has 0 aliphatic rings. The normalized spacial score (nSPS) is 7.41. The van der Waals surface area contributed by atoms with Crippen LogP contribution in [0.2, 0.25) is 0 Å². The molecule has 6 heteroatoms. The van der Waals surface area contributed by atoms with Crippen molar-refractivity contribution in [3.05, 3.63) is 0 Å². The van der Waals surface area contributed by atoms with Crippen LogP contribution in [0.1, 0.15) is 34.6 Å². The van der Waals surface area contributed by atoms with E-state index in [2.05, 4.69) is 9.47 Å². The third-order valence-electron chi connectivity index (χ3n) is 0.766. The predicted octanol–water partition coefficient (Wildman–Crippen LogP) is 0.913. The minimum atomic E-state index is -0.416. The number of rotatable bonds is 2. The fourth-order valence-electron chi connectivity index (χ4n) is 0.203. The Kier molecular flexibility index (Phi) is 17.4. The van der Waals surface area contributed by atoms with Crippen LogP contribution in [0.3, 0.4) is 0 Å². The summed E-state index contributed by atoms with van der Waals surface area (Å²) in [5.74, 6) is -0.634. The lowest BCUT2D eigenvalue weighted by Gasteiger charge is -1.93. The van der Waals surface area contributed by atoms with Crippen LogP contribution in [-0.4, -0.2) is 37.2 Å². The van der Waals surface area contributed by atoms with Crippen molar-refractivity contribution in [2.45, 2.75) is 34.6 Å². The SMILES string of the molecule is CC(=O)COC(C)=O.CC(C)=O.COC(C)=O. The Hall–Kier alpha value is -1.72. The largest absolute Gasteiger partial charge is 0.469 e. The van der Waals surface area contributed by atoms with Gasteiger partial charge in [-0.25, -0.2) is 0 Å². The Labute approximate surface area is 101 Å². The molecule has 0 unspecified atom stereocenters. The first-order chi connectivity index (χ1) is 7.63. The quantitative estimate of drug-likeness (QED) is 0.675. The molecule has 0 bridgehead atoms. The van der Waals surface area contributed by atoms with Crippen LogP contribution in [0, 0.1) is 0 Å². The second-order valence-corrected chi connectivity index (χ2v) is 3.09. The molecule has 0 aromatic rings. The molecule has 0 radical (unpaired) electrons. The van der Waals surface area contributed by atoms with Gasteiger partial charge in [0, 0.05) is 13.8 Å². The van der Waals surface area contributed by atoms with Crippen molar-refractivity contribution in [1.82, 2.24) is 0 Å². The van der Waals surface area contributed by atoms with Gasteiger partial charge < -0.3 is 14.3 Å². The lowest BCUT2D eigenvalue weighted by atomic mass is 10.5. The van der Waals surface area contributed by atoms with Crippen LogP contribution >= 0.6 is 0 Å². The number of carbonyl (C=O) groups is 4. The van der Waals surface area contributed by atoms with Gasteiger partial charge in [0.2, 0.25) is 0 Å². The van der Waals surface area contributed by atoms with Gasteiger partial charge in [-0.1, -0.05) is 0 Å². The van der Waals surface area contributed by atoms with Crippen molar-refractivity contribution < 1.29 is 28.7 Å². The molecule has 0 N–H and O–H groups in total. The van der Waals surface area contributed by atoms with Crippen molar-refractivity contribution in [1.29, 1.82) is 0 Å². The van der Waals surface area contributed by atoms with E-state index in [1.807, 2.05) is 0 Å². The zero-order valence-corrected chi connectivity index (χ0v) is 11.2. The second-order valence-electron chi connectivity index (χ2n) is 3.09. The van der Waals surface area contributed by atoms with Crippen molar-refractivity contribution in [3.8, 4) is 0 Å². The minimum Gasteiger partial charge on any atom is -0.469 e. The first kappa shape index (κ1) is 20.7. The topological polar surface area (TPSA) is 86.7 Å². The highest BCUT2D eigenvalue weighted by atomic mass is 16.5. The highest BCUT2D eigenvalue weighted by Gasteiger charge is 1.94. The van der Waals surface area contributed by atoms with Crippen LogP contribution in [0.25, 0.3) is 0 Å². The Morgan fingerprint density at radius 3 is 1.18 bits per heavy atom. The van der Waals surface area contributed by atoms with E-state index in [9.17, 15) is 19.2 Å². The van der Waals surface area contributed by atoms with Crippen LogP contribution in [0.5, 0.6) is 0 Å². The smallest absolute Gasteiger partial charge is 0.303 e. The molecule has 0 saturated carbocycles. The van der Waals surface area contributed by atoms with Gasteiger partial charge in [-0.3, -0.25) is 14.4 Å². The van der Waals surface area contributed by atoms with Crippen molar-refractivity contribution >= 4 is 23.5 Å². The van der Waals surface area contributed by atoms with Gasteiger partial charge in [-0.15, -0.1) is 0 Å². The number of Topliss-reactive ketones (excluding diaryl/α,β-unsaturated/α-hetero) is 2. The van der Waals surface area contributed by atoms with E-state index in [4.69, 9.17) is 0 Å².